The van der Waals surface area contributed by atoms with E-state index in [2.05, 4.69) is 10.4 Å². The summed E-state index contributed by atoms with van der Waals surface area (Å²) in [4.78, 5) is 23.9. The van der Waals surface area contributed by atoms with Gasteiger partial charge in [-0.3, -0.25) is 14.9 Å². The van der Waals surface area contributed by atoms with Crippen molar-refractivity contribution in [2.24, 2.45) is 0 Å². The van der Waals surface area contributed by atoms with Gasteiger partial charge < -0.3 is 14.8 Å². The molecule has 3 aromatic carbocycles. The molecule has 0 fully saturated rings. The van der Waals surface area contributed by atoms with Crippen LogP contribution in [0.2, 0.25) is 0 Å². The lowest BCUT2D eigenvalue weighted by Gasteiger charge is -2.11. The van der Waals surface area contributed by atoms with Crippen molar-refractivity contribution in [1.29, 1.82) is 0 Å². The fourth-order valence-electron chi connectivity index (χ4n) is 3.57. The summed E-state index contributed by atoms with van der Waals surface area (Å²) >= 11 is 0. The van der Waals surface area contributed by atoms with Gasteiger partial charge in [0.25, 0.3) is 11.6 Å². The number of para-hydroxylation sites is 1. The third-order valence-corrected chi connectivity index (χ3v) is 5.31. The van der Waals surface area contributed by atoms with Gasteiger partial charge >= 0.3 is 0 Å². The fraction of sp³-hybridized carbons (Fsp3) is 0.120. The molecule has 0 saturated heterocycles. The summed E-state index contributed by atoms with van der Waals surface area (Å²) in [5.74, 6) is -0.729. The SMILES string of the molecule is COc1cc(C(=O)NCc2cn(-c3ccccc3)nc2-c2ccc(F)cc2)c([N+](=O)[O-])cc1OC. The minimum Gasteiger partial charge on any atom is -0.493 e. The Balaban J connectivity index is 1.68. The van der Waals surface area contributed by atoms with Crippen molar-refractivity contribution < 1.29 is 23.6 Å². The Labute approximate surface area is 199 Å². The molecule has 4 aromatic rings. The molecule has 0 bridgehead atoms. The first-order valence-electron chi connectivity index (χ1n) is 10.5. The second kappa shape index (κ2) is 10.0. The van der Waals surface area contributed by atoms with E-state index in [0.29, 0.717) is 16.8 Å². The van der Waals surface area contributed by atoms with Gasteiger partial charge in [-0.15, -0.1) is 0 Å². The second-order valence-corrected chi connectivity index (χ2v) is 7.45. The number of carbonyl (C=O) groups is 1. The van der Waals surface area contributed by atoms with Gasteiger partial charge in [0, 0.05) is 29.9 Å². The van der Waals surface area contributed by atoms with Crippen LogP contribution in [0.15, 0.2) is 72.9 Å². The Bertz CT molecular complexity index is 1370. The summed E-state index contributed by atoms with van der Waals surface area (Å²) in [6, 6.07) is 17.6. The second-order valence-electron chi connectivity index (χ2n) is 7.45. The average molecular weight is 476 g/mol. The first kappa shape index (κ1) is 23.4. The number of amides is 1. The molecule has 0 aliphatic rings. The Hall–Kier alpha value is -4.73. The van der Waals surface area contributed by atoms with E-state index in [1.165, 1.54) is 32.4 Å². The molecular weight excluding hydrogens is 455 g/mol. The Morgan fingerprint density at radius 1 is 1.06 bits per heavy atom. The number of hydrogen-bond acceptors (Lipinski definition) is 6. The van der Waals surface area contributed by atoms with Gasteiger partial charge in [-0.25, -0.2) is 9.07 Å². The molecule has 0 saturated carbocycles. The number of rotatable bonds is 8. The first-order valence-corrected chi connectivity index (χ1v) is 10.5. The van der Waals surface area contributed by atoms with Crippen LogP contribution < -0.4 is 14.8 Å². The third-order valence-electron chi connectivity index (χ3n) is 5.31. The highest BCUT2D eigenvalue weighted by molar-refractivity contribution is 5.99. The molecule has 0 unspecified atom stereocenters. The highest BCUT2D eigenvalue weighted by atomic mass is 19.1. The number of ether oxygens (including phenoxy) is 2. The Kier molecular flexibility index (Phi) is 6.72. The van der Waals surface area contributed by atoms with Crippen molar-refractivity contribution in [3.8, 4) is 28.4 Å². The van der Waals surface area contributed by atoms with E-state index in [1.807, 2.05) is 30.3 Å². The number of hydrogen-bond donors (Lipinski definition) is 1. The van der Waals surface area contributed by atoms with Crippen LogP contribution in [0.3, 0.4) is 0 Å². The topological polar surface area (TPSA) is 109 Å². The van der Waals surface area contributed by atoms with E-state index in [1.54, 1.807) is 23.0 Å². The summed E-state index contributed by atoms with van der Waals surface area (Å²) in [6.07, 6.45) is 1.75. The summed E-state index contributed by atoms with van der Waals surface area (Å²) in [7, 11) is 2.72. The minimum absolute atomic E-state index is 0.0177. The van der Waals surface area contributed by atoms with E-state index in [9.17, 15) is 19.3 Å². The van der Waals surface area contributed by atoms with Crippen LogP contribution >= 0.6 is 0 Å². The van der Waals surface area contributed by atoms with Crippen LogP contribution in [0, 0.1) is 15.9 Å². The predicted octanol–water partition coefficient (Wildman–Crippen LogP) is 4.53. The zero-order chi connectivity index (χ0) is 24.9. The van der Waals surface area contributed by atoms with E-state index in [0.717, 1.165) is 11.8 Å². The van der Waals surface area contributed by atoms with E-state index < -0.39 is 16.5 Å². The molecule has 1 N–H and O–H groups in total. The molecule has 4 rings (SSSR count). The van der Waals surface area contributed by atoms with Crippen molar-refractivity contribution in [2.75, 3.05) is 14.2 Å². The van der Waals surface area contributed by atoms with Crippen molar-refractivity contribution in [3.05, 3.63) is 100.0 Å². The van der Waals surface area contributed by atoms with Crippen molar-refractivity contribution in [1.82, 2.24) is 15.1 Å². The molecule has 0 atom stereocenters. The van der Waals surface area contributed by atoms with E-state index in [-0.39, 0.29) is 29.4 Å². The summed E-state index contributed by atoms with van der Waals surface area (Å²) in [5, 5.41) is 18.9. The molecule has 10 heteroatoms. The van der Waals surface area contributed by atoms with Gasteiger partial charge in [0.1, 0.15) is 11.4 Å². The quantitative estimate of drug-likeness (QED) is 0.296. The highest BCUT2D eigenvalue weighted by Gasteiger charge is 2.25. The van der Waals surface area contributed by atoms with Crippen LogP contribution in [0.1, 0.15) is 15.9 Å². The lowest BCUT2D eigenvalue weighted by Crippen LogP contribution is -2.24. The molecule has 1 aromatic heterocycles. The van der Waals surface area contributed by atoms with Gasteiger partial charge in [-0.2, -0.15) is 5.10 Å². The third kappa shape index (κ3) is 4.96. The number of nitro groups is 1. The monoisotopic (exact) mass is 476 g/mol. The summed E-state index contributed by atoms with van der Waals surface area (Å²) < 4.78 is 25.4. The number of nitrogens with zero attached hydrogens (tertiary/aromatic N) is 3. The largest absolute Gasteiger partial charge is 0.493 e. The molecule has 35 heavy (non-hydrogen) atoms. The highest BCUT2D eigenvalue weighted by Crippen LogP contribution is 2.34. The Morgan fingerprint density at radius 3 is 2.34 bits per heavy atom. The molecule has 178 valence electrons. The number of halogens is 1. The number of nitrogens with one attached hydrogen (secondary N) is 1. The van der Waals surface area contributed by atoms with Crippen molar-refractivity contribution in [2.45, 2.75) is 6.54 Å². The van der Waals surface area contributed by atoms with E-state index in [4.69, 9.17) is 9.47 Å². The number of methoxy groups -OCH3 is 2. The normalized spacial score (nSPS) is 10.6. The van der Waals surface area contributed by atoms with Crippen molar-refractivity contribution >= 4 is 11.6 Å². The standard InChI is InChI=1S/C25H21FN4O5/c1-34-22-12-20(21(30(32)33)13-23(22)35-2)25(31)27-14-17-15-29(19-6-4-3-5-7-19)28-24(17)16-8-10-18(26)11-9-16/h3-13,15H,14H2,1-2H3,(H,27,31). The molecular formula is C25H21FN4O5. The van der Waals surface area contributed by atoms with Gasteiger partial charge in [0.15, 0.2) is 11.5 Å². The molecule has 1 amide bonds. The van der Waals surface area contributed by atoms with Gasteiger partial charge in [-0.05, 0) is 36.4 Å². The van der Waals surface area contributed by atoms with Crippen molar-refractivity contribution in [3.63, 3.8) is 0 Å². The maximum atomic E-state index is 13.5. The number of benzene rings is 3. The zero-order valence-corrected chi connectivity index (χ0v) is 18.9. The van der Waals surface area contributed by atoms with E-state index >= 15 is 0 Å². The van der Waals surface area contributed by atoms with Crippen LogP contribution in [0.25, 0.3) is 16.9 Å². The smallest absolute Gasteiger partial charge is 0.286 e. The summed E-state index contributed by atoms with van der Waals surface area (Å²) in [6.45, 7) is 0.0177. The lowest BCUT2D eigenvalue weighted by molar-refractivity contribution is -0.385. The molecule has 9 nitrogen and oxygen atoms in total. The maximum Gasteiger partial charge on any atom is 0.286 e. The van der Waals surface area contributed by atoms with Crippen LogP contribution in [-0.2, 0) is 6.54 Å². The maximum absolute atomic E-state index is 13.5. The molecule has 0 aliphatic carbocycles. The van der Waals surface area contributed by atoms with Crippen LogP contribution in [-0.4, -0.2) is 34.8 Å². The lowest BCUT2D eigenvalue weighted by atomic mass is 10.1. The number of aromatic nitrogens is 2. The Morgan fingerprint density at radius 2 is 1.71 bits per heavy atom. The first-order chi connectivity index (χ1) is 16.9. The molecule has 0 radical (unpaired) electrons. The minimum atomic E-state index is -0.671. The molecule has 1 heterocycles. The zero-order valence-electron chi connectivity index (χ0n) is 18.9. The fourth-order valence-corrected chi connectivity index (χ4v) is 3.57. The molecule has 0 spiro atoms. The number of nitro benzene ring substituents is 1. The summed E-state index contributed by atoms with van der Waals surface area (Å²) in [5.41, 5.74) is 2.03. The van der Waals surface area contributed by atoms with Gasteiger partial charge in [0.05, 0.1) is 36.6 Å². The van der Waals surface area contributed by atoms with Gasteiger partial charge in [0.2, 0.25) is 0 Å². The van der Waals surface area contributed by atoms with Crippen LogP contribution in [0.4, 0.5) is 10.1 Å². The number of carbonyl (C=O) groups excluding carboxylic acids is 1. The average Bonchev–Trinajstić information content (AvgIpc) is 3.31. The predicted molar refractivity (Wildman–Crippen MR) is 126 cm³/mol. The van der Waals surface area contributed by atoms with Crippen LogP contribution in [0.5, 0.6) is 11.5 Å². The van der Waals surface area contributed by atoms with Gasteiger partial charge in [-0.1, -0.05) is 18.2 Å². The molecule has 0 aliphatic heterocycles.